The van der Waals surface area contributed by atoms with Crippen LogP contribution in [0.4, 0.5) is 0 Å². The summed E-state index contributed by atoms with van der Waals surface area (Å²) in [6.07, 6.45) is 9.29. The molecule has 2 aliphatic rings. The van der Waals surface area contributed by atoms with Crippen LogP contribution < -0.4 is 0 Å². The Balaban J connectivity index is 1.17. The molecule has 3 aromatic heterocycles. The molecular formula is C52H39N5S. The van der Waals surface area contributed by atoms with Gasteiger partial charge in [-0.1, -0.05) is 140 Å². The van der Waals surface area contributed by atoms with Crippen LogP contribution >= 0.6 is 11.3 Å². The number of fused-ring (bicyclic) bond motifs is 7. The molecule has 1 aliphatic heterocycles. The lowest BCUT2D eigenvalue weighted by molar-refractivity contribution is 0.382. The summed E-state index contributed by atoms with van der Waals surface area (Å²) in [5, 5.41) is 5.04. The monoisotopic (exact) mass is 765 g/mol. The smallest absolute Gasteiger partial charge is 0.155 e. The molecule has 11 rings (SSSR count). The number of para-hydroxylation sites is 2. The van der Waals surface area contributed by atoms with Crippen molar-refractivity contribution in [2.24, 2.45) is 15.9 Å². The Labute approximate surface area is 341 Å². The quantitative estimate of drug-likeness (QED) is 0.169. The molecule has 9 aromatic rings. The normalized spacial score (nSPS) is 16.9. The molecule has 0 spiro atoms. The van der Waals surface area contributed by atoms with Crippen LogP contribution in [-0.4, -0.2) is 33.2 Å². The first-order valence-corrected chi connectivity index (χ1v) is 20.7. The van der Waals surface area contributed by atoms with Crippen molar-refractivity contribution in [3.63, 3.8) is 0 Å². The van der Waals surface area contributed by atoms with Crippen molar-refractivity contribution in [2.45, 2.75) is 19.5 Å². The second kappa shape index (κ2) is 13.9. The Hall–Kier alpha value is -6.89. The van der Waals surface area contributed by atoms with E-state index >= 15 is 0 Å². The number of thiophene rings is 1. The van der Waals surface area contributed by atoms with E-state index in [0.717, 1.165) is 62.9 Å². The number of benzene rings is 6. The van der Waals surface area contributed by atoms with E-state index in [1.165, 1.54) is 42.0 Å². The summed E-state index contributed by atoms with van der Waals surface area (Å²) in [7, 11) is 2.12. The van der Waals surface area contributed by atoms with Gasteiger partial charge in [-0.3, -0.25) is 4.98 Å². The van der Waals surface area contributed by atoms with Crippen molar-refractivity contribution < 1.29 is 0 Å². The van der Waals surface area contributed by atoms with Gasteiger partial charge in [0.1, 0.15) is 12.0 Å². The van der Waals surface area contributed by atoms with Crippen LogP contribution in [0.15, 0.2) is 192 Å². The number of rotatable bonds is 6. The Morgan fingerprint density at radius 3 is 2.22 bits per heavy atom. The van der Waals surface area contributed by atoms with Gasteiger partial charge in [-0.15, -0.1) is 11.3 Å². The Morgan fingerprint density at radius 2 is 1.41 bits per heavy atom. The van der Waals surface area contributed by atoms with Crippen molar-refractivity contribution in [2.75, 3.05) is 7.05 Å². The van der Waals surface area contributed by atoms with Crippen molar-refractivity contribution in [1.29, 1.82) is 0 Å². The first kappa shape index (κ1) is 34.4. The number of amidine groups is 2. The minimum atomic E-state index is -0.258. The maximum Gasteiger partial charge on any atom is 0.155 e. The van der Waals surface area contributed by atoms with Gasteiger partial charge in [0.15, 0.2) is 5.84 Å². The van der Waals surface area contributed by atoms with Crippen LogP contribution in [-0.2, 0) is 0 Å². The van der Waals surface area contributed by atoms with Crippen LogP contribution in [0.1, 0.15) is 30.6 Å². The van der Waals surface area contributed by atoms with Crippen LogP contribution in [0.3, 0.4) is 0 Å². The number of aromatic nitrogens is 2. The predicted molar refractivity (Wildman–Crippen MR) is 244 cm³/mol. The van der Waals surface area contributed by atoms with Crippen molar-refractivity contribution in [3.05, 3.63) is 193 Å². The van der Waals surface area contributed by atoms with Gasteiger partial charge < -0.3 is 9.47 Å². The third kappa shape index (κ3) is 5.55. The third-order valence-corrected chi connectivity index (χ3v) is 13.0. The fourth-order valence-corrected chi connectivity index (χ4v) is 10.1. The standard InChI is InChI=1S/C52H39N5S/c1-33-17-12-13-24-38(33)50-54-51(35-20-8-4-9-21-35)56(2)52(55-50)42-31-36(34-18-6-3-7-19-34)32-53-48(42)41-27-16-26-40-47-45(58-49(40)41)30-29-44-46(47)39-25-14-15-28-43(39)57(44)37-22-10-5-11-23-37/h3-16,18-33,51H,17H2,1-2H3. The highest BCUT2D eigenvalue weighted by Crippen LogP contribution is 2.47. The zero-order valence-electron chi connectivity index (χ0n) is 32.2. The maximum atomic E-state index is 5.48. The van der Waals surface area contributed by atoms with E-state index in [-0.39, 0.29) is 6.17 Å². The lowest BCUT2D eigenvalue weighted by Crippen LogP contribution is -2.36. The van der Waals surface area contributed by atoms with E-state index in [1.54, 1.807) is 0 Å². The molecule has 0 saturated carbocycles. The lowest BCUT2D eigenvalue weighted by atomic mass is 9.92. The van der Waals surface area contributed by atoms with Gasteiger partial charge in [0.2, 0.25) is 0 Å². The summed E-state index contributed by atoms with van der Waals surface area (Å²) in [6, 6.07) is 54.2. The first-order chi connectivity index (χ1) is 28.6. The van der Waals surface area contributed by atoms with E-state index in [4.69, 9.17) is 15.0 Å². The average Bonchev–Trinajstić information content (AvgIpc) is 3.83. The summed E-state index contributed by atoms with van der Waals surface area (Å²) < 4.78 is 4.87. The molecule has 2 atom stereocenters. The summed E-state index contributed by atoms with van der Waals surface area (Å²) in [5.74, 6) is 1.94. The Kier molecular flexibility index (Phi) is 8.26. The van der Waals surface area contributed by atoms with Crippen LogP contribution in [0, 0.1) is 5.92 Å². The van der Waals surface area contributed by atoms with Gasteiger partial charge >= 0.3 is 0 Å². The number of pyridine rings is 1. The molecule has 0 bridgehead atoms. The van der Waals surface area contributed by atoms with Crippen LogP contribution in [0.5, 0.6) is 0 Å². The minimum absolute atomic E-state index is 0.258. The molecule has 6 aromatic carbocycles. The van der Waals surface area contributed by atoms with Crippen molar-refractivity contribution >= 4 is 65.0 Å². The zero-order chi connectivity index (χ0) is 38.7. The van der Waals surface area contributed by atoms with Crippen molar-refractivity contribution in [3.8, 4) is 28.1 Å². The Bertz CT molecular complexity index is 3170. The number of hydrogen-bond acceptors (Lipinski definition) is 5. The third-order valence-electron chi connectivity index (χ3n) is 11.7. The molecule has 58 heavy (non-hydrogen) atoms. The summed E-state index contributed by atoms with van der Waals surface area (Å²) >= 11 is 1.85. The predicted octanol–water partition coefficient (Wildman–Crippen LogP) is 13.2. The lowest BCUT2D eigenvalue weighted by Gasteiger charge is -2.34. The summed E-state index contributed by atoms with van der Waals surface area (Å²) in [5.41, 5.74) is 11.0. The summed E-state index contributed by atoms with van der Waals surface area (Å²) in [6.45, 7) is 2.27. The summed E-state index contributed by atoms with van der Waals surface area (Å²) in [4.78, 5) is 18.5. The molecule has 1 aliphatic carbocycles. The molecule has 4 heterocycles. The van der Waals surface area contributed by atoms with Gasteiger partial charge in [-0.25, -0.2) is 9.98 Å². The second-order valence-corrected chi connectivity index (χ2v) is 16.3. The highest BCUT2D eigenvalue weighted by molar-refractivity contribution is 7.26. The van der Waals surface area contributed by atoms with Crippen LogP contribution in [0.2, 0.25) is 0 Å². The SMILES string of the molecule is CC1CC=CC=C1C1=NC(c2ccccc2)N(C)C(c2cc(-c3ccccc3)cnc2-c2cccc3c2sc2ccc4c(c5ccccc5n4-c4ccccc4)c23)=N1. The maximum absolute atomic E-state index is 5.48. The molecular weight excluding hydrogens is 727 g/mol. The molecule has 2 unspecified atom stereocenters. The molecule has 0 saturated heterocycles. The molecule has 0 N–H and O–H groups in total. The Morgan fingerprint density at radius 1 is 0.672 bits per heavy atom. The van der Waals surface area contributed by atoms with E-state index in [9.17, 15) is 0 Å². The fraction of sp³-hybridized carbons (Fsp3) is 0.0962. The van der Waals surface area contributed by atoms with Gasteiger partial charge in [0, 0.05) is 66.6 Å². The van der Waals surface area contributed by atoms with Gasteiger partial charge in [-0.05, 0) is 65.4 Å². The van der Waals surface area contributed by atoms with Crippen LogP contribution in [0.25, 0.3) is 70.0 Å². The zero-order valence-corrected chi connectivity index (χ0v) is 33.1. The van der Waals surface area contributed by atoms with E-state index in [2.05, 4.69) is 193 Å². The highest BCUT2D eigenvalue weighted by atomic mass is 32.1. The van der Waals surface area contributed by atoms with Gasteiger partial charge in [-0.2, -0.15) is 0 Å². The topological polar surface area (TPSA) is 45.8 Å². The number of aliphatic imine (C=N–C) groups is 2. The number of hydrogen-bond donors (Lipinski definition) is 0. The van der Waals surface area contributed by atoms with E-state index in [1.807, 2.05) is 17.5 Å². The molecule has 6 heteroatoms. The molecule has 0 radical (unpaired) electrons. The number of allylic oxidation sites excluding steroid dienone is 3. The first-order valence-electron chi connectivity index (χ1n) is 19.9. The average molecular weight is 766 g/mol. The largest absolute Gasteiger partial charge is 0.333 e. The van der Waals surface area contributed by atoms with Gasteiger partial charge in [0.05, 0.1) is 16.7 Å². The molecule has 278 valence electrons. The molecule has 5 nitrogen and oxygen atoms in total. The van der Waals surface area contributed by atoms with E-state index in [0.29, 0.717) is 5.92 Å². The van der Waals surface area contributed by atoms with E-state index < -0.39 is 0 Å². The van der Waals surface area contributed by atoms with Gasteiger partial charge in [0.25, 0.3) is 0 Å². The molecule has 0 fully saturated rings. The minimum Gasteiger partial charge on any atom is -0.333 e. The molecule has 0 amide bonds. The fourth-order valence-electron chi connectivity index (χ4n) is 8.91. The second-order valence-electron chi connectivity index (χ2n) is 15.3. The van der Waals surface area contributed by atoms with Crippen molar-refractivity contribution in [1.82, 2.24) is 14.5 Å². The number of nitrogens with zero attached hydrogens (tertiary/aromatic N) is 5. The highest BCUT2D eigenvalue weighted by Gasteiger charge is 2.31.